The molecule has 0 radical (unpaired) electrons. The van der Waals surface area contributed by atoms with Crippen molar-refractivity contribution in [2.75, 3.05) is 25.4 Å². The van der Waals surface area contributed by atoms with Crippen molar-refractivity contribution in [3.63, 3.8) is 0 Å². The third-order valence-corrected chi connectivity index (χ3v) is 7.68. The topological polar surface area (TPSA) is 151 Å². The molecule has 6 N–H and O–H groups in total. The van der Waals surface area contributed by atoms with Crippen LogP contribution in [0.5, 0.6) is 0 Å². The van der Waals surface area contributed by atoms with Gasteiger partial charge in [-0.1, -0.05) is 0 Å². The van der Waals surface area contributed by atoms with E-state index in [4.69, 9.17) is 15.8 Å². The van der Waals surface area contributed by atoms with Gasteiger partial charge < -0.3 is 26.6 Å². The summed E-state index contributed by atoms with van der Waals surface area (Å²) < 4.78 is 16.0. The van der Waals surface area contributed by atoms with Crippen LogP contribution in [-0.2, 0) is 4.79 Å². The number of aromatic nitrogens is 4. The largest absolute Gasteiger partial charge is 0.393 e. The second-order valence-corrected chi connectivity index (χ2v) is 10.4. The highest BCUT2D eigenvalue weighted by Crippen LogP contribution is 2.45. The van der Waals surface area contributed by atoms with Crippen molar-refractivity contribution in [3.05, 3.63) is 52.6 Å². The summed E-state index contributed by atoms with van der Waals surface area (Å²) >= 11 is 3.57. The molecule has 37 heavy (non-hydrogen) atoms. The molecule has 1 aliphatic rings. The number of benzene rings is 1. The lowest BCUT2D eigenvalue weighted by molar-refractivity contribution is -0.131. The first-order valence-corrected chi connectivity index (χ1v) is 12.7. The Labute approximate surface area is 220 Å². The molecular weight excluding hydrogens is 545 g/mol. The minimum absolute atomic E-state index is 0.116. The number of aliphatic hydroxyl groups is 2. The molecule has 0 aliphatic heterocycles. The molecule has 1 saturated carbocycles. The summed E-state index contributed by atoms with van der Waals surface area (Å²) in [5, 5.41) is 29.7. The van der Waals surface area contributed by atoms with Gasteiger partial charge in [0.25, 0.3) is 5.91 Å². The number of nitrogen functional groups attached to an aromatic ring is 1. The van der Waals surface area contributed by atoms with Crippen LogP contribution in [-0.4, -0.2) is 61.5 Å². The van der Waals surface area contributed by atoms with Gasteiger partial charge in [0.05, 0.1) is 28.5 Å². The van der Waals surface area contributed by atoms with Gasteiger partial charge in [0.1, 0.15) is 11.6 Å². The number of fused-ring (bicyclic) bond motifs is 2. The van der Waals surface area contributed by atoms with E-state index in [0.717, 1.165) is 24.0 Å². The maximum Gasteiger partial charge on any atom is 0.251 e. The molecule has 0 saturated heterocycles. The van der Waals surface area contributed by atoms with Crippen molar-refractivity contribution < 1.29 is 19.4 Å². The molecule has 0 bridgehead atoms. The summed E-state index contributed by atoms with van der Waals surface area (Å²) in [6.45, 7) is 2.39. The average Bonchev–Trinajstić information content (AvgIpc) is 3.55. The maximum atomic E-state index is 13.8. The second-order valence-electron chi connectivity index (χ2n) is 9.57. The molecule has 1 amide bonds. The first-order chi connectivity index (χ1) is 17.7. The predicted molar refractivity (Wildman–Crippen MR) is 140 cm³/mol. The molecular formula is C25H27BrFN7O3. The lowest BCUT2D eigenvalue weighted by Crippen LogP contribution is -2.42. The van der Waals surface area contributed by atoms with Gasteiger partial charge in [-0.05, 0) is 60.0 Å². The van der Waals surface area contributed by atoms with Crippen LogP contribution >= 0.6 is 15.9 Å². The van der Waals surface area contributed by atoms with Gasteiger partial charge in [-0.3, -0.25) is 9.78 Å². The standard InChI is InChI=1S/C25H27BrFN7O3/c1-13(30-11-25(4-5-25)12-31-24(37)19(36)10-35)21-20(26)22(28)34-23(33-21)17(9-32-34)15-6-14-7-16(27)2-3-18(14)29-8-15/h2-3,6-9,13,19,30,35-36H,4-5,10-12,28H2,1H3,(H,31,37)/t13?,19-/m0/s1. The summed E-state index contributed by atoms with van der Waals surface area (Å²) in [5.41, 5.74) is 9.68. The van der Waals surface area contributed by atoms with Crippen LogP contribution in [0.2, 0.25) is 0 Å². The van der Waals surface area contributed by atoms with Gasteiger partial charge in [0, 0.05) is 47.3 Å². The Balaban J connectivity index is 1.39. The van der Waals surface area contributed by atoms with Crippen molar-refractivity contribution in [3.8, 4) is 11.1 Å². The van der Waals surface area contributed by atoms with E-state index >= 15 is 0 Å². The highest BCUT2D eigenvalue weighted by molar-refractivity contribution is 9.10. The van der Waals surface area contributed by atoms with E-state index in [1.54, 1.807) is 23.0 Å². The van der Waals surface area contributed by atoms with E-state index in [-0.39, 0.29) is 17.3 Å². The number of hydrogen-bond acceptors (Lipinski definition) is 8. The number of halogens is 2. The lowest BCUT2D eigenvalue weighted by Gasteiger charge is -2.22. The van der Waals surface area contributed by atoms with Crippen LogP contribution in [0.4, 0.5) is 10.2 Å². The Hall–Kier alpha value is -3.19. The molecule has 5 rings (SSSR count). The summed E-state index contributed by atoms with van der Waals surface area (Å²) in [7, 11) is 0. The molecule has 1 aromatic carbocycles. The van der Waals surface area contributed by atoms with Crippen LogP contribution in [0.25, 0.3) is 27.7 Å². The van der Waals surface area contributed by atoms with Crippen LogP contribution < -0.4 is 16.4 Å². The van der Waals surface area contributed by atoms with E-state index in [1.165, 1.54) is 12.1 Å². The monoisotopic (exact) mass is 571 g/mol. The Morgan fingerprint density at radius 2 is 2.08 bits per heavy atom. The third-order valence-electron chi connectivity index (χ3n) is 6.87. The number of nitrogens with one attached hydrogen (secondary N) is 2. The first-order valence-electron chi connectivity index (χ1n) is 11.9. The quantitative estimate of drug-likeness (QED) is 0.205. The van der Waals surface area contributed by atoms with E-state index < -0.39 is 18.6 Å². The average molecular weight is 572 g/mol. The smallest absolute Gasteiger partial charge is 0.251 e. The number of amides is 1. The van der Waals surface area contributed by atoms with E-state index in [1.807, 2.05) is 13.0 Å². The first kappa shape index (κ1) is 25.5. The van der Waals surface area contributed by atoms with Gasteiger partial charge in [-0.25, -0.2) is 9.37 Å². The van der Waals surface area contributed by atoms with E-state index in [9.17, 15) is 14.3 Å². The molecule has 4 aromatic rings. The molecule has 2 atom stereocenters. The minimum Gasteiger partial charge on any atom is -0.393 e. The van der Waals surface area contributed by atoms with Crippen molar-refractivity contribution in [1.82, 2.24) is 30.2 Å². The summed E-state index contributed by atoms with van der Waals surface area (Å²) in [4.78, 5) is 21.2. The highest BCUT2D eigenvalue weighted by atomic mass is 79.9. The van der Waals surface area contributed by atoms with Crippen molar-refractivity contribution in [2.45, 2.75) is 31.9 Å². The van der Waals surface area contributed by atoms with Gasteiger partial charge in [0.15, 0.2) is 11.8 Å². The zero-order chi connectivity index (χ0) is 26.3. The number of pyridine rings is 1. The Morgan fingerprint density at radius 3 is 2.81 bits per heavy atom. The molecule has 1 fully saturated rings. The van der Waals surface area contributed by atoms with E-state index in [2.05, 4.69) is 36.6 Å². The van der Waals surface area contributed by atoms with Crippen LogP contribution in [0.3, 0.4) is 0 Å². The number of hydrogen-bond donors (Lipinski definition) is 5. The molecule has 12 heteroatoms. The Kier molecular flexibility index (Phi) is 6.84. The van der Waals surface area contributed by atoms with Gasteiger partial charge in [-0.2, -0.15) is 9.61 Å². The van der Waals surface area contributed by atoms with Crippen LogP contribution in [0.1, 0.15) is 31.5 Å². The minimum atomic E-state index is -1.42. The highest BCUT2D eigenvalue weighted by Gasteiger charge is 2.43. The fraction of sp³-hybridized carbons (Fsp3) is 0.360. The normalized spacial score (nSPS) is 16.1. The number of anilines is 1. The zero-order valence-corrected chi connectivity index (χ0v) is 21.7. The summed E-state index contributed by atoms with van der Waals surface area (Å²) in [5.74, 6) is -0.521. The molecule has 1 unspecified atom stereocenters. The number of carbonyl (C=O) groups excluding carboxylic acids is 1. The molecule has 194 valence electrons. The molecule has 3 aromatic heterocycles. The molecule has 1 aliphatic carbocycles. The maximum absolute atomic E-state index is 13.8. The van der Waals surface area contributed by atoms with Crippen molar-refractivity contribution in [2.24, 2.45) is 5.41 Å². The number of nitrogens with zero attached hydrogens (tertiary/aromatic N) is 4. The van der Waals surface area contributed by atoms with Crippen LogP contribution in [0.15, 0.2) is 41.1 Å². The number of rotatable bonds is 9. The summed E-state index contributed by atoms with van der Waals surface area (Å²) in [6.07, 6.45) is 3.81. The predicted octanol–water partition coefficient (Wildman–Crippen LogP) is 2.33. The van der Waals surface area contributed by atoms with Gasteiger partial charge in [0.2, 0.25) is 0 Å². The molecule has 3 heterocycles. The summed E-state index contributed by atoms with van der Waals surface area (Å²) in [6, 6.07) is 6.11. The Morgan fingerprint density at radius 1 is 1.30 bits per heavy atom. The third kappa shape index (κ3) is 5.01. The second kappa shape index (κ2) is 9.93. The lowest BCUT2D eigenvalue weighted by atomic mass is 10.1. The van der Waals surface area contributed by atoms with E-state index in [0.29, 0.717) is 45.6 Å². The van der Waals surface area contributed by atoms with Gasteiger partial charge in [-0.15, -0.1) is 0 Å². The van der Waals surface area contributed by atoms with Crippen molar-refractivity contribution in [1.29, 1.82) is 0 Å². The Bertz CT molecular complexity index is 1490. The van der Waals surface area contributed by atoms with Crippen molar-refractivity contribution >= 4 is 44.2 Å². The SMILES string of the molecule is CC(NCC1(CNC(=O)[C@@H](O)CO)CC1)c1nc2c(-c3cnc4ccc(F)cc4c3)cnn2c(N)c1Br. The fourth-order valence-electron chi connectivity index (χ4n) is 4.29. The number of carbonyl (C=O) groups is 1. The molecule has 0 spiro atoms. The molecule has 10 nitrogen and oxygen atoms in total. The van der Waals surface area contributed by atoms with Crippen LogP contribution in [0, 0.1) is 11.2 Å². The zero-order valence-electron chi connectivity index (χ0n) is 20.1. The number of aliphatic hydroxyl groups excluding tert-OH is 2. The number of nitrogens with two attached hydrogens (primary N) is 1. The fourth-order valence-corrected chi connectivity index (χ4v) is 4.89. The van der Waals surface area contributed by atoms with Gasteiger partial charge >= 0.3 is 0 Å².